The predicted octanol–water partition coefficient (Wildman–Crippen LogP) is 14.4. The van der Waals surface area contributed by atoms with E-state index in [2.05, 4.69) is 91.0 Å². The van der Waals surface area contributed by atoms with Crippen molar-refractivity contribution in [2.24, 2.45) is 0 Å². The van der Waals surface area contributed by atoms with Crippen molar-refractivity contribution in [2.45, 2.75) is 0 Å². The Bertz CT molecular complexity index is 3660. The highest BCUT2D eigenvalue weighted by Crippen LogP contribution is 2.47. The zero-order chi connectivity index (χ0) is 41.3. The van der Waals surface area contributed by atoms with Crippen molar-refractivity contribution < 1.29 is 16.8 Å². The van der Waals surface area contributed by atoms with Crippen LogP contribution >= 0.6 is 0 Å². The molecule has 236 valence electrons. The lowest BCUT2D eigenvalue weighted by atomic mass is 9.84. The van der Waals surface area contributed by atoms with Crippen molar-refractivity contribution in [3.63, 3.8) is 0 Å². The molecule has 10 aromatic carbocycles. The van der Waals surface area contributed by atoms with Gasteiger partial charge in [0.1, 0.15) is 11.2 Å². The summed E-state index contributed by atoms with van der Waals surface area (Å²) in [4.78, 5) is 0. The highest BCUT2D eigenvalue weighted by Gasteiger charge is 2.19. The van der Waals surface area contributed by atoms with Gasteiger partial charge in [0.05, 0.1) is 12.3 Å². The fraction of sp³-hybridized carbons (Fsp3) is 0. The molecular formula is C50H30O. The summed E-state index contributed by atoms with van der Waals surface area (Å²) in [7, 11) is 0. The number of rotatable bonds is 3. The first-order valence-electron chi connectivity index (χ1n) is 21.4. The third kappa shape index (κ3) is 4.22. The van der Waals surface area contributed by atoms with E-state index in [0.717, 1.165) is 60.0 Å². The van der Waals surface area contributed by atoms with Gasteiger partial charge in [-0.3, -0.25) is 0 Å². The average Bonchev–Trinajstić information content (AvgIpc) is 3.67. The molecule has 0 fully saturated rings. The minimum absolute atomic E-state index is 0.0548. The molecule has 0 saturated carbocycles. The van der Waals surface area contributed by atoms with E-state index in [1.807, 2.05) is 36.4 Å². The molecule has 0 spiro atoms. The number of hydrogen-bond donors (Lipinski definition) is 0. The standard InChI is InChI=1S/C50H30O/c1-2-13-34-29-36(26-23-31(34)11-1)47-39-16-5-7-18-41(39)48(42-19-8-6-17-40(42)47)43-21-9-14-33-24-25-35(30-45(33)43)37-20-10-22-46-49(37)44-28-27-32-12-3-4-15-38(32)50(44)51-46/h1-30H/i3D,4D,10D,12D,15D,20D,22D,27D,28D. The van der Waals surface area contributed by atoms with Gasteiger partial charge in [0, 0.05) is 16.2 Å². The van der Waals surface area contributed by atoms with Gasteiger partial charge in [-0.1, -0.05) is 158 Å². The first kappa shape index (κ1) is 20.7. The minimum atomic E-state index is -0.532. The van der Waals surface area contributed by atoms with Gasteiger partial charge < -0.3 is 4.42 Å². The van der Waals surface area contributed by atoms with Gasteiger partial charge in [0.2, 0.25) is 0 Å². The molecule has 1 aromatic heterocycles. The summed E-state index contributed by atoms with van der Waals surface area (Å²) in [6.45, 7) is 0. The normalized spacial score (nSPS) is 14.4. The van der Waals surface area contributed by atoms with E-state index in [9.17, 15) is 2.74 Å². The predicted molar refractivity (Wildman–Crippen MR) is 218 cm³/mol. The first-order chi connectivity index (χ1) is 29.0. The largest absolute Gasteiger partial charge is 0.455 e. The summed E-state index contributed by atoms with van der Waals surface area (Å²) >= 11 is 0. The quantitative estimate of drug-likeness (QED) is 0.173. The molecule has 1 heterocycles. The molecule has 0 atom stereocenters. The Balaban J connectivity index is 1.23. The Morgan fingerprint density at radius 3 is 1.88 bits per heavy atom. The lowest BCUT2D eigenvalue weighted by Crippen LogP contribution is -1.92. The molecule has 51 heavy (non-hydrogen) atoms. The second-order valence-corrected chi connectivity index (χ2v) is 12.9. The second-order valence-electron chi connectivity index (χ2n) is 12.9. The number of furan rings is 1. The molecule has 0 aliphatic heterocycles. The Morgan fingerprint density at radius 2 is 1.06 bits per heavy atom. The van der Waals surface area contributed by atoms with Crippen LogP contribution in [0, 0.1) is 0 Å². The molecule has 0 saturated heterocycles. The molecule has 0 amide bonds. The van der Waals surface area contributed by atoms with E-state index in [4.69, 9.17) is 14.0 Å². The van der Waals surface area contributed by atoms with Crippen LogP contribution < -0.4 is 0 Å². The van der Waals surface area contributed by atoms with Crippen molar-refractivity contribution in [2.75, 3.05) is 0 Å². The summed E-state index contributed by atoms with van der Waals surface area (Å²) in [5.41, 5.74) is 4.83. The van der Waals surface area contributed by atoms with Crippen molar-refractivity contribution in [1.82, 2.24) is 0 Å². The topological polar surface area (TPSA) is 13.1 Å². The highest BCUT2D eigenvalue weighted by atomic mass is 16.3. The molecule has 0 N–H and O–H groups in total. The van der Waals surface area contributed by atoms with E-state index in [1.54, 1.807) is 0 Å². The summed E-state index contributed by atoms with van der Waals surface area (Å²) < 4.78 is 85.6. The maximum absolute atomic E-state index is 9.31. The first-order valence-corrected chi connectivity index (χ1v) is 16.9. The Kier molecular flexibility index (Phi) is 4.43. The second kappa shape index (κ2) is 10.9. The maximum Gasteiger partial charge on any atom is 0.143 e. The molecule has 1 nitrogen and oxygen atoms in total. The number of benzene rings is 10. The molecule has 0 bridgehead atoms. The zero-order valence-electron chi connectivity index (χ0n) is 36.0. The zero-order valence-corrected chi connectivity index (χ0v) is 27.0. The lowest BCUT2D eigenvalue weighted by molar-refractivity contribution is 0.673. The van der Waals surface area contributed by atoms with Gasteiger partial charge in [-0.05, 0) is 106 Å². The maximum atomic E-state index is 9.31. The van der Waals surface area contributed by atoms with Crippen LogP contribution in [0.3, 0.4) is 0 Å². The summed E-state index contributed by atoms with van der Waals surface area (Å²) in [6, 6.07) is 40.0. The highest BCUT2D eigenvalue weighted by molar-refractivity contribution is 6.24. The van der Waals surface area contributed by atoms with E-state index in [0.29, 0.717) is 5.56 Å². The van der Waals surface area contributed by atoms with Crippen LogP contribution in [-0.2, 0) is 0 Å². The molecule has 11 rings (SSSR count). The van der Waals surface area contributed by atoms with Crippen LogP contribution in [0.1, 0.15) is 12.3 Å². The van der Waals surface area contributed by atoms with E-state index >= 15 is 0 Å². The van der Waals surface area contributed by atoms with Gasteiger partial charge in [0.25, 0.3) is 0 Å². The van der Waals surface area contributed by atoms with Crippen LogP contribution in [0.25, 0.3) is 109 Å². The van der Waals surface area contributed by atoms with Gasteiger partial charge in [-0.15, -0.1) is 0 Å². The van der Waals surface area contributed by atoms with Gasteiger partial charge in [-0.2, -0.15) is 0 Å². The fourth-order valence-corrected chi connectivity index (χ4v) is 7.90. The summed E-state index contributed by atoms with van der Waals surface area (Å²) in [5, 5.41) is 8.44. The molecule has 0 aliphatic rings. The van der Waals surface area contributed by atoms with Crippen LogP contribution in [0.5, 0.6) is 0 Å². The van der Waals surface area contributed by atoms with Gasteiger partial charge >= 0.3 is 0 Å². The smallest absolute Gasteiger partial charge is 0.143 e. The lowest BCUT2D eigenvalue weighted by Gasteiger charge is -2.19. The summed E-state index contributed by atoms with van der Waals surface area (Å²) in [5.74, 6) is 0. The summed E-state index contributed by atoms with van der Waals surface area (Å²) in [6.07, 6.45) is 0. The van der Waals surface area contributed by atoms with Crippen LogP contribution in [-0.4, -0.2) is 0 Å². The minimum Gasteiger partial charge on any atom is -0.455 e. The van der Waals surface area contributed by atoms with Crippen LogP contribution in [0.15, 0.2) is 186 Å². The third-order valence-corrected chi connectivity index (χ3v) is 10.2. The number of fused-ring (bicyclic) bond motifs is 9. The molecule has 0 radical (unpaired) electrons. The molecule has 0 unspecified atom stereocenters. The Hall–Kier alpha value is -6.70. The molecular weight excluding hydrogens is 617 g/mol. The Morgan fingerprint density at radius 1 is 0.373 bits per heavy atom. The fourth-order valence-electron chi connectivity index (χ4n) is 7.90. The van der Waals surface area contributed by atoms with E-state index < -0.39 is 36.3 Å². The van der Waals surface area contributed by atoms with Crippen molar-refractivity contribution in [3.05, 3.63) is 182 Å². The molecule has 0 aliphatic carbocycles. The van der Waals surface area contributed by atoms with Crippen molar-refractivity contribution >= 4 is 75.8 Å². The van der Waals surface area contributed by atoms with Gasteiger partial charge in [-0.25, -0.2) is 0 Å². The third-order valence-electron chi connectivity index (χ3n) is 10.2. The van der Waals surface area contributed by atoms with Crippen molar-refractivity contribution in [1.29, 1.82) is 0 Å². The van der Waals surface area contributed by atoms with Crippen LogP contribution in [0.2, 0.25) is 0 Å². The monoisotopic (exact) mass is 655 g/mol. The molecule has 11 aromatic rings. The average molecular weight is 656 g/mol. The van der Waals surface area contributed by atoms with Crippen LogP contribution in [0.4, 0.5) is 0 Å². The number of hydrogen-bond acceptors (Lipinski definition) is 1. The Labute approximate surface area is 307 Å². The SMILES string of the molecule is [2H]c1c([2H])c(-c2ccc3cccc(-c4c5ccccc5c(-c5ccc6ccccc6c5)c5ccccc45)c3c2)c2c(oc3c4c([2H])c([2H])c([2H])c([2H])c4c([2H])c([2H])c32)c1[2H]. The molecule has 1 heteroatoms. The van der Waals surface area contributed by atoms with Crippen molar-refractivity contribution in [3.8, 4) is 33.4 Å². The van der Waals surface area contributed by atoms with E-state index in [1.165, 1.54) is 5.39 Å². The van der Waals surface area contributed by atoms with E-state index in [-0.39, 0.29) is 56.4 Å². The van der Waals surface area contributed by atoms with Gasteiger partial charge in [0.15, 0.2) is 0 Å².